The van der Waals surface area contributed by atoms with Gasteiger partial charge in [-0.05, 0) is 58.0 Å². The van der Waals surface area contributed by atoms with E-state index in [2.05, 4.69) is 20.8 Å². The fraction of sp³-hybridized carbons (Fsp3) is 0.188. The number of Topliss-reactive ketones (excluding diaryl/α,β-unsaturated/α-hetero) is 1. The van der Waals surface area contributed by atoms with Gasteiger partial charge in [-0.15, -0.1) is 0 Å². The van der Waals surface area contributed by atoms with Crippen LogP contribution in [0.15, 0.2) is 90.5 Å². The van der Waals surface area contributed by atoms with Crippen LogP contribution in [0.3, 0.4) is 0 Å². The first-order valence-electron chi connectivity index (χ1n) is 12.2. The highest BCUT2D eigenvalue weighted by molar-refractivity contribution is 6.52. The summed E-state index contributed by atoms with van der Waals surface area (Å²) in [6.07, 6.45) is 0. The van der Waals surface area contributed by atoms with E-state index < -0.39 is 17.7 Å². The number of aliphatic hydroxyl groups is 1. The number of anilines is 1. The third-order valence-electron chi connectivity index (χ3n) is 6.99. The summed E-state index contributed by atoms with van der Waals surface area (Å²) in [4.78, 5) is 28.5. The van der Waals surface area contributed by atoms with Crippen molar-refractivity contribution >= 4 is 45.5 Å². The monoisotopic (exact) mass is 509 g/mol. The Hall–Kier alpha value is -3.89. The number of carbonyl (C=O) groups is 2. The van der Waals surface area contributed by atoms with E-state index in [1.807, 2.05) is 73.7 Å². The molecule has 37 heavy (non-hydrogen) atoms. The maximum atomic E-state index is 13.5. The molecule has 4 nitrogen and oxygen atoms in total. The molecule has 1 unspecified atom stereocenters. The number of hydrogen-bond donors (Lipinski definition) is 1. The fourth-order valence-corrected chi connectivity index (χ4v) is 5.06. The van der Waals surface area contributed by atoms with Gasteiger partial charge in [-0.3, -0.25) is 14.5 Å². The number of amides is 1. The first-order chi connectivity index (χ1) is 17.6. The van der Waals surface area contributed by atoms with Crippen molar-refractivity contribution in [3.05, 3.63) is 118 Å². The van der Waals surface area contributed by atoms with Gasteiger partial charge in [0, 0.05) is 16.3 Å². The molecule has 1 atom stereocenters. The molecule has 0 bridgehead atoms. The summed E-state index contributed by atoms with van der Waals surface area (Å²) in [5.74, 6) is -1.62. The average Bonchev–Trinajstić information content (AvgIpc) is 3.14. The Bertz CT molecular complexity index is 1580. The zero-order valence-corrected chi connectivity index (χ0v) is 22.0. The molecule has 0 aliphatic carbocycles. The number of carbonyl (C=O) groups excluding carboxylic acids is 2. The molecule has 1 saturated heterocycles. The number of halogens is 1. The third-order valence-corrected chi connectivity index (χ3v) is 7.23. The second kappa shape index (κ2) is 9.20. The van der Waals surface area contributed by atoms with Gasteiger partial charge in [0.15, 0.2) is 0 Å². The zero-order valence-electron chi connectivity index (χ0n) is 21.2. The third kappa shape index (κ3) is 4.42. The number of rotatable bonds is 3. The molecule has 1 heterocycles. The van der Waals surface area contributed by atoms with Crippen LogP contribution in [0, 0.1) is 6.92 Å². The van der Waals surface area contributed by atoms with Gasteiger partial charge in [0.05, 0.1) is 11.6 Å². The fourth-order valence-electron chi connectivity index (χ4n) is 4.90. The summed E-state index contributed by atoms with van der Waals surface area (Å²) >= 11 is 6.31. The van der Waals surface area contributed by atoms with Crippen molar-refractivity contribution in [3.8, 4) is 0 Å². The Morgan fingerprint density at radius 3 is 2.22 bits per heavy atom. The van der Waals surface area contributed by atoms with Gasteiger partial charge in [-0.1, -0.05) is 99.1 Å². The Labute approximate surface area is 221 Å². The van der Waals surface area contributed by atoms with Gasteiger partial charge in [0.25, 0.3) is 11.7 Å². The van der Waals surface area contributed by atoms with Crippen LogP contribution in [-0.2, 0) is 15.0 Å². The summed E-state index contributed by atoms with van der Waals surface area (Å²) in [5, 5.41) is 13.9. The Balaban J connectivity index is 1.74. The SMILES string of the molecule is Cc1ccc(Cl)cc1N1C(=O)C(=O)/C(=C(\O)c2ccc3ccccc3c2)C1c1ccc(C(C)(C)C)cc1. The van der Waals surface area contributed by atoms with Crippen LogP contribution >= 0.6 is 11.6 Å². The highest BCUT2D eigenvalue weighted by Crippen LogP contribution is 2.44. The number of benzene rings is 4. The van der Waals surface area contributed by atoms with Crippen LogP contribution in [0.2, 0.25) is 5.02 Å². The predicted molar refractivity (Wildman–Crippen MR) is 150 cm³/mol. The topological polar surface area (TPSA) is 57.6 Å². The number of aliphatic hydroxyl groups excluding tert-OH is 1. The molecule has 1 aliphatic heterocycles. The molecule has 186 valence electrons. The van der Waals surface area contributed by atoms with Crippen molar-refractivity contribution < 1.29 is 14.7 Å². The number of hydrogen-bond acceptors (Lipinski definition) is 3. The highest BCUT2D eigenvalue weighted by Gasteiger charge is 2.47. The Morgan fingerprint density at radius 2 is 1.54 bits per heavy atom. The molecule has 1 amide bonds. The van der Waals surface area contributed by atoms with Crippen LogP contribution < -0.4 is 4.90 Å². The Kier molecular flexibility index (Phi) is 6.17. The molecule has 1 N–H and O–H groups in total. The molecular weight excluding hydrogens is 482 g/mol. The molecule has 4 aromatic carbocycles. The van der Waals surface area contributed by atoms with Crippen LogP contribution in [0.1, 0.15) is 49.1 Å². The van der Waals surface area contributed by atoms with E-state index in [9.17, 15) is 14.7 Å². The highest BCUT2D eigenvalue weighted by atomic mass is 35.5. The summed E-state index contributed by atoms with van der Waals surface area (Å²) in [7, 11) is 0. The van der Waals surface area contributed by atoms with Crippen LogP contribution in [-0.4, -0.2) is 16.8 Å². The van der Waals surface area contributed by atoms with Crippen molar-refractivity contribution in [1.82, 2.24) is 0 Å². The summed E-state index contributed by atoms with van der Waals surface area (Å²) in [6.45, 7) is 8.25. The number of aryl methyl sites for hydroxylation is 1. The van der Waals surface area contributed by atoms with Gasteiger partial charge in [0.1, 0.15) is 5.76 Å². The lowest BCUT2D eigenvalue weighted by Gasteiger charge is -2.28. The molecule has 0 aromatic heterocycles. The zero-order chi connectivity index (χ0) is 26.5. The number of ketones is 1. The van der Waals surface area contributed by atoms with E-state index >= 15 is 0 Å². The van der Waals surface area contributed by atoms with E-state index in [-0.39, 0.29) is 16.7 Å². The summed E-state index contributed by atoms with van der Waals surface area (Å²) in [5.41, 5.74) is 3.68. The normalized spacial score (nSPS) is 17.5. The predicted octanol–water partition coefficient (Wildman–Crippen LogP) is 7.73. The lowest BCUT2D eigenvalue weighted by Crippen LogP contribution is -2.30. The number of nitrogens with zero attached hydrogens (tertiary/aromatic N) is 1. The first kappa shape index (κ1) is 24.8. The van der Waals surface area contributed by atoms with Gasteiger partial charge in [-0.2, -0.15) is 0 Å². The van der Waals surface area contributed by atoms with E-state index in [1.54, 1.807) is 18.2 Å². The number of fused-ring (bicyclic) bond motifs is 1. The minimum absolute atomic E-state index is 0.0585. The van der Waals surface area contributed by atoms with Crippen molar-refractivity contribution in [2.75, 3.05) is 4.90 Å². The lowest BCUT2D eigenvalue weighted by atomic mass is 9.85. The Morgan fingerprint density at radius 1 is 0.865 bits per heavy atom. The molecule has 1 aliphatic rings. The molecule has 5 heteroatoms. The molecule has 0 saturated carbocycles. The first-order valence-corrected chi connectivity index (χ1v) is 12.6. The molecule has 1 fully saturated rings. The second-order valence-electron chi connectivity index (χ2n) is 10.5. The van der Waals surface area contributed by atoms with E-state index in [0.717, 1.165) is 27.5 Å². The lowest BCUT2D eigenvalue weighted by molar-refractivity contribution is -0.132. The molecular formula is C32H28ClNO3. The van der Waals surface area contributed by atoms with Gasteiger partial charge in [0.2, 0.25) is 0 Å². The van der Waals surface area contributed by atoms with Crippen LogP contribution in [0.5, 0.6) is 0 Å². The average molecular weight is 510 g/mol. The summed E-state index contributed by atoms with van der Waals surface area (Å²) < 4.78 is 0. The maximum Gasteiger partial charge on any atom is 0.300 e. The van der Waals surface area contributed by atoms with Crippen molar-refractivity contribution in [2.24, 2.45) is 0 Å². The molecule has 0 radical (unpaired) electrons. The second-order valence-corrected chi connectivity index (χ2v) is 11.0. The van der Waals surface area contributed by atoms with Crippen molar-refractivity contribution in [1.29, 1.82) is 0 Å². The largest absolute Gasteiger partial charge is 0.507 e. The minimum Gasteiger partial charge on any atom is -0.507 e. The molecule has 5 rings (SSSR count). The van der Waals surface area contributed by atoms with Crippen molar-refractivity contribution in [2.45, 2.75) is 39.2 Å². The summed E-state index contributed by atoms with van der Waals surface area (Å²) in [6, 6.07) is 25.6. The van der Waals surface area contributed by atoms with Crippen LogP contribution in [0.25, 0.3) is 16.5 Å². The van der Waals surface area contributed by atoms with E-state index in [1.165, 1.54) is 4.90 Å². The molecule has 0 spiro atoms. The maximum absolute atomic E-state index is 13.5. The van der Waals surface area contributed by atoms with E-state index in [4.69, 9.17) is 11.6 Å². The van der Waals surface area contributed by atoms with Crippen LogP contribution in [0.4, 0.5) is 5.69 Å². The van der Waals surface area contributed by atoms with Crippen molar-refractivity contribution in [3.63, 3.8) is 0 Å². The van der Waals surface area contributed by atoms with Gasteiger partial charge >= 0.3 is 0 Å². The standard InChI is InChI=1S/C32H28ClNO3/c1-19-9-16-25(33)18-26(19)34-28(21-12-14-24(15-13-21)32(2,3)4)27(30(36)31(34)37)29(35)23-11-10-20-7-5-6-8-22(20)17-23/h5-18,28,35H,1-4H3/b29-27-. The quantitative estimate of drug-likeness (QED) is 0.175. The van der Waals surface area contributed by atoms with Gasteiger partial charge < -0.3 is 5.11 Å². The molecule has 4 aromatic rings. The minimum atomic E-state index is -0.808. The van der Waals surface area contributed by atoms with Gasteiger partial charge in [-0.25, -0.2) is 0 Å². The van der Waals surface area contributed by atoms with E-state index in [0.29, 0.717) is 16.3 Å². The smallest absolute Gasteiger partial charge is 0.300 e.